The van der Waals surface area contributed by atoms with Crippen LogP contribution in [0.25, 0.3) is 0 Å². The number of carbonyl (C=O) groups excluding carboxylic acids is 3. The van der Waals surface area contributed by atoms with Crippen molar-refractivity contribution in [2.24, 2.45) is 11.8 Å². The minimum atomic E-state index is -0.753. The van der Waals surface area contributed by atoms with Crippen molar-refractivity contribution in [1.82, 2.24) is 0 Å². The van der Waals surface area contributed by atoms with E-state index in [1.165, 1.54) is 0 Å². The van der Waals surface area contributed by atoms with E-state index in [1.54, 1.807) is 13.8 Å². The van der Waals surface area contributed by atoms with Crippen LogP contribution in [0.2, 0.25) is 0 Å². The molecule has 0 saturated heterocycles. The zero-order chi connectivity index (χ0) is 15.0. The van der Waals surface area contributed by atoms with Crippen molar-refractivity contribution in [3.05, 3.63) is 0 Å². The Morgan fingerprint density at radius 2 is 1.30 bits per heavy atom. The highest BCUT2D eigenvalue weighted by molar-refractivity contribution is 5.81. The number of rotatable bonds is 6. The van der Waals surface area contributed by atoms with E-state index in [-0.39, 0.29) is 44.0 Å². The summed E-state index contributed by atoms with van der Waals surface area (Å²) in [6, 6.07) is 0. The monoisotopic (exact) mass is 288 g/mol. The number of carbonyl (C=O) groups is 3. The van der Waals surface area contributed by atoms with Gasteiger partial charge in [-0.1, -0.05) is 0 Å². The van der Waals surface area contributed by atoms with Gasteiger partial charge >= 0.3 is 12.3 Å². The van der Waals surface area contributed by atoms with Crippen LogP contribution < -0.4 is 0 Å². The third-order valence-electron chi connectivity index (χ3n) is 3.00. The van der Waals surface area contributed by atoms with E-state index < -0.39 is 12.3 Å². The molecule has 0 N–H and O–H groups in total. The van der Waals surface area contributed by atoms with Gasteiger partial charge in [-0.05, 0) is 13.8 Å². The van der Waals surface area contributed by atoms with Crippen molar-refractivity contribution in [2.75, 3.05) is 26.4 Å². The first-order chi connectivity index (χ1) is 9.56. The largest absolute Gasteiger partial charge is 0.508 e. The molecule has 0 aromatic rings. The maximum Gasteiger partial charge on any atom is 0.508 e. The molecule has 0 heterocycles. The van der Waals surface area contributed by atoms with Crippen molar-refractivity contribution < 1.29 is 33.3 Å². The SMILES string of the molecule is CCOC(=O)OC[C@@H]1CC(=O)C[C@H]1COC(=O)OCC. The maximum atomic E-state index is 11.5. The molecule has 1 rings (SSSR count). The fourth-order valence-electron chi connectivity index (χ4n) is 2.06. The summed E-state index contributed by atoms with van der Waals surface area (Å²) in [5.41, 5.74) is 0. The van der Waals surface area contributed by atoms with E-state index in [1.807, 2.05) is 0 Å². The Hall–Kier alpha value is -1.79. The summed E-state index contributed by atoms with van der Waals surface area (Å²) in [4.78, 5) is 33.7. The molecule has 0 amide bonds. The van der Waals surface area contributed by atoms with Crippen LogP contribution >= 0.6 is 0 Å². The smallest absolute Gasteiger partial charge is 0.435 e. The van der Waals surface area contributed by atoms with Crippen LogP contribution in [0.5, 0.6) is 0 Å². The molecule has 1 aliphatic rings. The first kappa shape index (κ1) is 16.3. The lowest BCUT2D eigenvalue weighted by Crippen LogP contribution is -2.23. The highest BCUT2D eigenvalue weighted by atomic mass is 16.7. The minimum Gasteiger partial charge on any atom is -0.435 e. The summed E-state index contributed by atoms with van der Waals surface area (Å²) in [7, 11) is 0. The van der Waals surface area contributed by atoms with Crippen molar-refractivity contribution in [3.8, 4) is 0 Å². The normalized spacial score (nSPS) is 21.4. The van der Waals surface area contributed by atoms with Gasteiger partial charge in [-0.15, -0.1) is 0 Å². The first-order valence-corrected chi connectivity index (χ1v) is 6.67. The van der Waals surface area contributed by atoms with Crippen LogP contribution in [-0.2, 0) is 23.7 Å². The first-order valence-electron chi connectivity index (χ1n) is 6.67. The van der Waals surface area contributed by atoms with Crippen molar-refractivity contribution in [1.29, 1.82) is 0 Å². The van der Waals surface area contributed by atoms with Crippen molar-refractivity contribution in [3.63, 3.8) is 0 Å². The van der Waals surface area contributed by atoms with Crippen LogP contribution in [0.1, 0.15) is 26.7 Å². The average molecular weight is 288 g/mol. The highest BCUT2D eigenvalue weighted by Gasteiger charge is 2.35. The fraction of sp³-hybridized carbons (Fsp3) is 0.769. The fourth-order valence-corrected chi connectivity index (χ4v) is 2.06. The molecule has 7 heteroatoms. The molecule has 114 valence electrons. The van der Waals surface area contributed by atoms with Gasteiger partial charge in [0.2, 0.25) is 0 Å². The number of hydrogen-bond acceptors (Lipinski definition) is 7. The van der Waals surface area contributed by atoms with E-state index in [9.17, 15) is 14.4 Å². The van der Waals surface area contributed by atoms with Gasteiger partial charge in [0.1, 0.15) is 5.78 Å². The van der Waals surface area contributed by atoms with Gasteiger partial charge in [0.15, 0.2) is 0 Å². The van der Waals surface area contributed by atoms with Gasteiger partial charge in [-0.3, -0.25) is 4.79 Å². The van der Waals surface area contributed by atoms with E-state index in [4.69, 9.17) is 9.47 Å². The molecular formula is C13H20O7. The van der Waals surface area contributed by atoms with Gasteiger partial charge in [-0.25, -0.2) is 9.59 Å². The molecule has 0 aromatic carbocycles. The van der Waals surface area contributed by atoms with Gasteiger partial charge < -0.3 is 18.9 Å². The molecule has 2 atom stereocenters. The van der Waals surface area contributed by atoms with Crippen LogP contribution in [0.15, 0.2) is 0 Å². The lowest BCUT2D eigenvalue weighted by Gasteiger charge is -2.18. The summed E-state index contributed by atoms with van der Waals surface area (Å²) in [5.74, 6) is -0.234. The molecule has 1 aliphatic carbocycles. The molecule has 0 radical (unpaired) electrons. The number of ketones is 1. The highest BCUT2D eigenvalue weighted by Crippen LogP contribution is 2.30. The van der Waals surface area contributed by atoms with Gasteiger partial charge in [0.25, 0.3) is 0 Å². The molecule has 7 nitrogen and oxygen atoms in total. The van der Waals surface area contributed by atoms with E-state index >= 15 is 0 Å². The van der Waals surface area contributed by atoms with Crippen molar-refractivity contribution >= 4 is 18.1 Å². The minimum absolute atomic E-state index is 0.0694. The molecule has 0 aromatic heterocycles. The van der Waals surface area contributed by atoms with Gasteiger partial charge in [0, 0.05) is 24.7 Å². The number of hydrogen-bond donors (Lipinski definition) is 0. The molecule has 0 spiro atoms. The second kappa shape index (κ2) is 8.39. The summed E-state index contributed by atoms with van der Waals surface area (Å²) in [5, 5.41) is 0. The molecular weight excluding hydrogens is 268 g/mol. The predicted molar refractivity (Wildman–Crippen MR) is 67.2 cm³/mol. The van der Waals surface area contributed by atoms with E-state index in [0.29, 0.717) is 12.8 Å². The summed E-state index contributed by atoms with van der Waals surface area (Å²) >= 11 is 0. The summed E-state index contributed by atoms with van der Waals surface area (Å²) in [6.07, 6.45) is -0.874. The molecule has 0 unspecified atom stereocenters. The standard InChI is InChI=1S/C13H20O7/c1-3-17-12(15)19-7-9-5-11(14)6-10(9)8-20-13(16)18-4-2/h9-10H,3-8H2,1-2H3/t9-,10-/m0/s1. The van der Waals surface area contributed by atoms with Crippen LogP contribution in [-0.4, -0.2) is 44.5 Å². The second-order valence-electron chi connectivity index (χ2n) is 4.46. The lowest BCUT2D eigenvalue weighted by molar-refractivity contribution is -0.118. The third-order valence-corrected chi connectivity index (χ3v) is 3.00. The Bertz CT molecular complexity index is 321. The summed E-state index contributed by atoms with van der Waals surface area (Å²) in [6.45, 7) is 3.99. The van der Waals surface area contributed by atoms with Crippen molar-refractivity contribution in [2.45, 2.75) is 26.7 Å². The Morgan fingerprint density at radius 1 is 0.900 bits per heavy atom. The lowest BCUT2D eigenvalue weighted by atomic mass is 9.98. The Balaban J connectivity index is 2.37. The Labute approximate surface area is 117 Å². The van der Waals surface area contributed by atoms with E-state index in [2.05, 4.69) is 9.47 Å². The zero-order valence-corrected chi connectivity index (χ0v) is 11.8. The molecule has 0 aliphatic heterocycles. The molecule has 20 heavy (non-hydrogen) atoms. The quantitative estimate of drug-likeness (QED) is 0.690. The predicted octanol–water partition coefficient (Wildman–Crippen LogP) is 1.93. The van der Waals surface area contributed by atoms with E-state index in [0.717, 1.165) is 0 Å². The Morgan fingerprint density at radius 3 is 1.65 bits per heavy atom. The number of ether oxygens (including phenoxy) is 4. The van der Waals surface area contributed by atoms with Crippen LogP contribution in [0, 0.1) is 11.8 Å². The van der Waals surface area contributed by atoms with Gasteiger partial charge in [0.05, 0.1) is 26.4 Å². The molecule has 1 saturated carbocycles. The second-order valence-corrected chi connectivity index (χ2v) is 4.46. The summed E-state index contributed by atoms with van der Waals surface area (Å²) < 4.78 is 19.1. The topological polar surface area (TPSA) is 88.1 Å². The molecule has 0 bridgehead atoms. The third kappa shape index (κ3) is 5.46. The van der Waals surface area contributed by atoms with Crippen LogP contribution in [0.4, 0.5) is 9.59 Å². The maximum absolute atomic E-state index is 11.5. The Kier molecular flexibility index (Phi) is 6.83. The average Bonchev–Trinajstić information content (AvgIpc) is 2.75. The zero-order valence-electron chi connectivity index (χ0n) is 11.8. The molecule has 1 fully saturated rings. The van der Waals surface area contributed by atoms with Gasteiger partial charge in [-0.2, -0.15) is 0 Å². The number of Topliss-reactive ketones (excluding diaryl/α,β-unsaturated/α-hetero) is 1. The van der Waals surface area contributed by atoms with Crippen LogP contribution in [0.3, 0.4) is 0 Å².